The van der Waals surface area contributed by atoms with E-state index in [1.54, 1.807) is 18.2 Å². The van der Waals surface area contributed by atoms with E-state index in [4.69, 9.17) is 11.6 Å². The molecule has 1 atom stereocenters. The molecule has 0 amide bonds. The Morgan fingerprint density at radius 3 is 2.70 bits per heavy atom. The third-order valence-corrected chi connectivity index (χ3v) is 4.74. The lowest BCUT2D eigenvalue weighted by atomic mass is 9.76. The maximum Gasteiger partial charge on any atom is 0.311 e. The van der Waals surface area contributed by atoms with Crippen molar-refractivity contribution in [2.24, 2.45) is 11.3 Å². The SMILES string of the molecule is CC(C)C1(C(=O)O)CCN(Cc2c(O)cccc2Cl)C1. The minimum Gasteiger partial charge on any atom is -0.508 e. The van der Waals surface area contributed by atoms with Gasteiger partial charge in [0.25, 0.3) is 0 Å². The smallest absolute Gasteiger partial charge is 0.311 e. The second-order valence-electron chi connectivity index (χ2n) is 5.81. The van der Waals surface area contributed by atoms with E-state index >= 15 is 0 Å². The van der Waals surface area contributed by atoms with E-state index in [9.17, 15) is 15.0 Å². The monoisotopic (exact) mass is 297 g/mol. The first kappa shape index (κ1) is 15.1. The summed E-state index contributed by atoms with van der Waals surface area (Å²) in [5, 5.41) is 19.9. The van der Waals surface area contributed by atoms with Crippen molar-refractivity contribution < 1.29 is 15.0 Å². The number of aliphatic carboxylic acids is 1. The molecule has 2 N–H and O–H groups in total. The zero-order chi connectivity index (χ0) is 14.9. The Bertz CT molecular complexity index is 498. The normalized spacial score (nSPS) is 23.4. The zero-order valence-corrected chi connectivity index (χ0v) is 12.5. The van der Waals surface area contributed by atoms with E-state index in [-0.39, 0.29) is 11.7 Å². The predicted molar refractivity (Wildman–Crippen MR) is 77.9 cm³/mol. The Balaban J connectivity index is 2.16. The second-order valence-corrected chi connectivity index (χ2v) is 6.22. The van der Waals surface area contributed by atoms with Crippen LogP contribution in [0.2, 0.25) is 5.02 Å². The summed E-state index contributed by atoms with van der Waals surface area (Å²) in [5.41, 5.74) is -0.0317. The molecule has 1 aromatic carbocycles. The molecule has 5 heteroatoms. The lowest BCUT2D eigenvalue weighted by Crippen LogP contribution is -2.39. The van der Waals surface area contributed by atoms with Gasteiger partial charge >= 0.3 is 5.97 Å². The Kier molecular flexibility index (Phi) is 4.25. The molecule has 0 bridgehead atoms. The van der Waals surface area contributed by atoms with Gasteiger partial charge in [0.1, 0.15) is 5.75 Å². The molecule has 0 spiro atoms. The molecule has 1 aliphatic rings. The van der Waals surface area contributed by atoms with Gasteiger partial charge in [-0.3, -0.25) is 9.69 Å². The van der Waals surface area contributed by atoms with Gasteiger partial charge in [0, 0.05) is 23.7 Å². The van der Waals surface area contributed by atoms with Crippen molar-refractivity contribution in [2.45, 2.75) is 26.8 Å². The minimum absolute atomic E-state index is 0.0739. The van der Waals surface area contributed by atoms with E-state index in [1.807, 2.05) is 13.8 Å². The topological polar surface area (TPSA) is 60.8 Å². The number of phenols is 1. The fourth-order valence-electron chi connectivity index (χ4n) is 2.87. The van der Waals surface area contributed by atoms with E-state index in [0.29, 0.717) is 36.6 Å². The summed E-state index contributed by atoms with van der Waals surface area (Å²) in [5.74, 6) is -0.502. The number of nitrogens with zero attached hydrogens (tertiary/aromatic N) is 1. The molecule has 0 aliphatic carbocycles. The number of phenolic OH excluding ortho intramolecular Hbond substituents is 1. The molecule has 4 nitrogen and oxygen atoms in total. The fraction of sp³-hybridized carbons (Fsp3) is 0.533. The van der Waals surface area contributed by atoms with Crippen molar-refractivity contribution in [1.29, 1.82) is 0 Å². The molecule has 0 saturated carbocycles. The number of carboxylic acid groups (broad SMARTS) is 1. The molecular formula is C15H20ClNO3. The fourth-order valence-corrected chi connectivity index (χ4v) is 3.10. The molecule has 0 aromatic heterocycles. The second kappa shape index (κ2) is 5.62. The Labute approximate surface area is 124 Å². The Hall–Kier alpha value is -1.26. The summed E-state index contributed by atoms with van der Waals surface area (Å²) < 4.78 is 0. The highest BCUT2D eigenvalue weighted by Crippen LogP contribution is 2.39. The van der Waals surface area contributed by atoms with Crippen LogP contribution < -0.4 is 0 Å². The summed E-state index contributed by atoms with van der Waals surface area (Å²) in [4.78, 5) is 13.6. The maximum absolute atomic E-state index is 11.6. The lowest BCUT2D eigenvalue weighted by molar-refractivity contribution is -0.151. The van der Waals surface area contributed by atoms with Gasteiger partial charge in [0.2, 0.25) is 0 Å². The van der Waals surface area contributed by atoms with Crippen molar-refractivity contribution in [3.8, 4) is 5.75 Å². The molecule has 1 saturated heterocycles. The highest BCUT2D eigenvalue weighted by Gasteiger charge is 2.47. The standard InChI is InChI=1S/C15H20ClNO3/c1-10(2)15(14(19)20)6-7-17(9-15)8-11-12(16)4-3-5-13(11)18/h3-5,10,18H,6-9H2,1-2H3,(H,19,20). The van der Waals surface area contributed by atoms with Gasteiger partial charge in [-0.25, -0.2) is 0 Å². The van der Waals surface area contributed by atoms with Crippen LogP contribution in [-0.2, 0) is 11.3 Å². The van der Waals surface area contributed by atoms with Gasteiger partial charge in [-0.2, -0.15) is 0 Å². The van der Waals surface area contributed by atoms with Crippen LogP contribution in [0.15, 0.2) is 18.2 Å². The van der Waals surface area contributed by atoms with Crippen LogP contribution >= 0.6 is 11.6 Å². The molecule has 0 radical (unpaired) electrons. The van der Waals surface area contributed by atoms with Crippen molar-refractivity contribution in [3.05, 3.63) is 28.8 Å². The number of likely N-dealkylation sites (tertiary alicyclic amines) is 1. The van der Waals surface area contributed by atoms with Crippen LogP contribution in [0.5, 0.6) is 5.75 Å². The quantitative estimate of drug-likeness (QED) is 0.897. The van der Waals surface area contributed by atoms with Crippen molar-refractivity contribution in [2.75, 3.05) is 13.1 Å². The molecule has 1 unspecified atom stereocenters. The first-order valence-electron chi connectivity index (χ1n) is 6.79. The predicted octanol–water partition coefficient (Wildman–Crippen LogP) is 2.98. The number of benzene rings is 1. The third-order valence-electron chi connectivity index (χ3n) is 4.39. The highest BCUT2D eigenvalue weighted by molar-refractivity contribution is 6.31. The van der Waals surface area contributed by atoms with Crippen molar-refractivity contribution in [1.82, 2.24) is 4.90 Å². The molecule has 1 heterocycles. The summed E-state index contributed by atoms with van der Waals surface area (Å²) in [6.07, 6.45) is 0.630. The Morgan fingerprint density at radius 2 is 2.20 bits per heavy atom. The number of carbonyl (C=O) groups is 1. The van der Waals surface area contributed by atoms with Gasteiger partial charge < -0.3 is 10.2 Å². The number of halogens is 1. The minimum atomic E-state index is -0.738. The lowest BCUT2D eigenvalue weighted by Gasteiger charge is -2.29. The number of aromatic hydroxyl groups is 1. The number of hydrogen-bond acceptors (Lipinski definition) is 3. The van der Waals surface area contributed by atoms with Crippen LogP contribution in [0.25, 0.3) is 0 Å². The summed E-state index contributed by atoms with van der Waals surface area (Å²) in [6.45, 7) is 5.57. The van der Waals surface area contributed by atoms with Gasteiger partial charge in [0.15, 0.2) is 0 Å². The molecule has 1 aromatic rings. The van der Waals surface area contributed by atoms with Crippen LogP contribution in [0.1, 0.15) is 25.8 Å². The largest absolute Gasteiger partial charge is 0.508 e. The van der Waals surface area contributed by atoms with Gasteiger partial charge in [-0.15, -0.1) is 0 Å². The summed E-state index contributed by atoms with van der Waals surface area (Å²) in [7, 11) is 0. The highest BCUT2D eigenvalue weighted by atomic mass is 35.5. The van der Waals surface area contributed by atoms with Gasteiger partial charge in [-0.1, -0.05) is 31.5 Å². The van der Waals surface area contributed by atoms with Crippen LogP contribution in [0.4, 0.5) is 0 Å². The van der Waals surface area contributed by atoms with E-state index in [2.05, 4.69) is 4.90 Å². The van der Waals surface area contributed by atoms with E-state index in [0.717, 1.165) is 0 Å². The molecule has 2 rings (SSSR count). The first-order valence-corrected chi connectivity index (χ1v) is 7.17. The van der Waals surface area contributed by atoms with Crippen LogP contribution in [-0.4, -0.2) is 34.2 Å². The average Bonchev–Trinajstić information content (AvgIpc) is 2.79. The van der Waals surface area contributed by atoms with Crippen LogP contribution in [0.3, 0.4) is 0 Å². The van der Waals surface area contributed by atoms with Gasteiger partial charge in [-0.05, 0) is 31.0 Å². The summed E-state index contributed by atoms with van der Waals surface area (Å²) in [6, 6.07) is 5.03. The van der Waals surface area contributed by atoms with Crippen molar-refractivity contribution >= 4 is 17.6 Å². The van der Waals surface area contributed by atoms with Gasteiger partial charge in [0.05, 0.1) is 5.41 Å². The number of hydrogen-bond donors (Lipinski definition) is 2. The molecule has 20 heavy (non-hydrogen) atoms. The third kappa shape index (κ3) is 2.63. The molecule has 110 valence electrons. The van der Waals surface area contributed by atoms with E-state index < -0.39 is 11.4 Å². The molecule has 1 aliphatic heterocycles. The Morgan fingerprint density at radius 1 is 1.50 bits per heavy atom. The zero-order valence-electron chi connectivity index (χ0n) is 11.8. The maximum atomic E-state index is 11.6. The first-order chi connectivity index (χ1) is 9.36. The number of carboxylic acids is 1. The van der Waals surface area contributed by atoms with Crippen LogP contribution in [0, 0.1) is 11.3 Å². The van der Waals surface area contributed by atoms with Crippen molar-refractivity contribution in [3.63, 3.8) is 0 Å². The number of rotatable bonds is 4. The van der Waals surface area contributed by atoms with E-state index in [1.165, 1.54) is 0 Å². The average molecular weight is 298 g/mol. The molecular weight excluding hydrogens is 278 g/mol. The summed E-state index contributed by atoms with van der Waals surface area (Å²) >= 11 is 6.10. The molecule has 1 fully saturated rings.